The molecule has 0 aromatic carbocycles. The number of ether oxygens (including phenoxy) is 1. The van der Waals surface area contributed by atoms with Gasteiger partial charge in [0.2, 0.25) is 0 Å². The number of aryl methyl sites for hydroxylation is 1. The molecular formula is C12H22N4O2. The van der Waals surface area contributed by atoms with Gasteiger partial charge in [0.05, 0.1) is 5.69 Å². The fourth-order valence-electron chi connectivity index (χ4n) is 1.48. The van der Waals surface area contributed by atoms with E-state index in [1.165, 1.54) is 0 Å². The predicted octanol–water partition coefficient (Wildman–Crippen LogP) is 0.987. The lowest BCUT2D eigenvalue weighted by Gasteiger charge is -2.21. The van der Waals surface area contributed by atoms with Gasteiger partial charge in [0.25, 0.3) is 0 Å². The standard InChI is InChI=1S/C12H22N4O2/c1-12(2,3)18-11(17)14-8-9(7-13)10-5-6-16(4)15-10/h5-6,9H,7-8,13H2,1-4H3,(H,14,17). The average Bonchev–Trinajstić information content (AvgIpc) is 2.63. The summed E-state index contributed by atoms with van der Waals surface area (Å²) in [5.74, 6) is -0.00119. The molecule has 1 rings (SSSR count). The van der Waals surface area contributed by atoms with Gasteiger partial charge in [-0.3, -0.25) is 4.68 Å². The third-order valence-electron chi connectivity index (χ3n) is 2.33. The van der Waals surface area contributed by atoms with E-state index in [-0.39, 0.29) is 5.92 Å². The van der Waals surface area contributed by atoms with E-state index in [0.717, 1.165) is 5.69 Å². The maximum atomic E-state index is 11.5. The van der Waals surface area contributed by atoms with Crippen LogP contribution in [0.2, 0.25) is 0 Å². The van der Waals surface area contributed by atoms with E-state index in [9.17, 15) is 4.79 Å². The van der Waals surface area contributed by atoms with Crippen molar-refractivity contribution in [3.8, 4) is 0 Å². The minimum absolute atomic E-state index is 0.00119. The number of hydrogen-bond donors (Lipinski definition) is 2. The molecule has 102 valence electrons. The lowest BCUT2D eigenvalue weighted by Crippen LogP contribution is -2.36. The van der Waals surface area contributed by atoms with Crippen molar-refractivity contribution in [2.45, 2.75) is 32.3 Å². The quantitative estimate of drug-likeness (QED) is 0.839. The van der Waals surface area contributed by atoms with E-state index in [4.69, 9.17) is 10.5 Å². The van der Waals surface area contributed by atoms with Crippen LogP contribution in [-0.4, -0.2) is 34.6 Å². The monoisotopic (exact) mass is 254 g/mol. The van der Waals surface area contributed by atoms with Gasteiger partial charge >= 0.3 is 6.09 Å². The second-order valence-electron chi connectivity index (χ2n) is 5.23. The molecule has 0 bridgehead atoms. The summed E-state index contributed by atoms with van der Waals surface area (Å²) in [5, 5.41) is 6.99. The van der Waals surface area contributed by atoms with Gasteiger partial charge in [0.15, 0.2) is 0 Å². The maximum absolute atomic E-state index is 11.5. The molecule has 0 fully saturated rings. The Bertz CT molecular complexity index is 395. The third kappa shape index (κ3) is 4.75. The Hall–Kier alpha value is -1.56. The van der Waals surface area contributed by atoms with Crippen LogP contribution in [0.15, 0.2) is 12.3 Å². The lowest BCUT2D eigenvalue weighted by molar-refractivity contribution is 0.0524. The van der Waals surface area contributed by atoms with E-state index >= 15 is 0 Å². The normalized spacial score (nSPS) is 13.2. The molecule has 0 aliphatic heterocycles. The van der Waals surface area contributed by atoms with E-state index in [2.05, 4.69) is 10.4 Å². The molecule has 0 aliphatic rings. The van der Waals surface area contributed by atoms with Crippen molar-refractivity contribution in [2.24, 2.45) is 12.8 Å². The van der Waals surface area contributed by atoms with Crippen molar-refractivity contribution in [1.82, 2.24) is 15.1 Å². The highest BCUT2D eigenvalue weighted by Gasteiger charge is 2.18. The SMILES string of the molecule is Cn1ccc(C(CN)CNC(=O)OC(C)(C)C)n1. The Morgan fingerprint density at radius 3 is 2.72 bits per heavy atom. The van der Waals surface area contributed by atoms with Gasteiger partial charge in [-0.1, -0.05) is 0 Å². The summed E-state index contributed by atoms with van der Waals surface area (Å²) >= 11 is 0. The van der Waals surface area contributed by atoms with Crippen molar-refractivity contribution < 1.29 is 9.53 Å². The third-order valence-corrected chi connectivity index (χ3v) is 2.33. The summed E-state index contributed by atoms with van der Waals surface area (Å²) in [6.07, 6.45) is 1.42. The molecule has 1 heterocycles. The van der Waals surface area contributed by atoms with Crippen LogP contribution in [0, 0.1) is 0 Å². The van der Waals surface area contributed by atoms with Crippen molar-refractivity contribution in [3.63, 3.8) is 0 Å². The molecule has 1 atom stereocenters. The summed E-state index contributed by atoms with van der Waals surface area (Å²) in [6.45, 7) is 6.32. The number of nitrogens with two attached hydrogens (primary N) is 1. The summed E-state index contributed by atoms with van der Waals surface area (Å²) in [6, 6.07) is 1.90. The molecule has 0 aliphatic carbocycles. The summed E-state index contributed by atoms with van der Waals surface area (Å²) in [5.41, 5.74) is 6.06. The van der Waals surface area contributed by atoms with Gasteiger partial charge in [-0.2, -0.15) is 5.10 Å². The van der Waals surface area contributed by atoms with Gasteiger partial charge in [0, 0.05) is 32.3 Å². The number of aromatic nitrogens is 2. The number of nitrogens with zero attached hydrogens (tertiary/aromatic N) is 2. The number of rotatable bonds is 4. The van der Waals surface area contributed by atoms with E-state index < -0.39 is 11.7 Å². The molecule has 0 saturated heterocycles. The molecule has 3 N–H and O–H groups in total. The molecule has 6 heteroatoms. The Labute approximate surface area is 107 Å². The molecule has 1 amide bonds. The number of nitrogens with one attached hydrogen (secondary N) is 1. The Morgan fingerprint density at radius 1 is 1.61 bits per heavy atom. The highest BCUT2D eigenvalue weighted by molar-refractivity contribution is 5.67. The molecule has 0 saturated carbocycles. The first kappa shape index (κ1) is 14.5. The summed E-state index contributed by atoms with van der Waals surface area (Å²) in [4.78, 5) is 11.5. The van der Waals surface area contributed by atoms with Crippen LogP contribution < -0.4 is 11.1 Å². The van der Waals surface area contributed by atoms with Gasteiger partial charge in [0.1, 0.15) is 5.60 Å². The van der Waals surface area contributed by atoms with Crippen molar-refractivity contribution in [3.05, 3.63) is 18.0 Å². The number of alkyl carbamates (subject to hydrolysis) is 1. The average molecular weight is 254 g/mol. The van der Waals surface area contributed by atoms with Gasteiger partial charge < -0.3 is 15.8 Å². The van der Waals surface area contributed by atoms with Crippen LogP contribution in [0.5, 0.6) is 0 Å². The van der Waals surface area contributed by atoms with Crippen LogP contribution in [-0.2, 0) is 11.8 Å². The van der Waals surface area contributed by atoms with Crippen molar-refractivity contribution in [2.75, 3.05) is 13.1 Å². The molecule has 0 spiro atoms. The van der Waals surface area contributed by atoms with Crippen LogP contribution in [0.25, 0.3) is 0 Å². The van der Waals surface area contributed by atoms with E-state index in [1.54, 1.807) is 4.68 Å². The molecule has 6 nitrogen and oxygen atoms in total. The number of carbonyl (C=O) groups excluding carboxylic acids is 1. The number of amides is 1. The minimum atomic E-state index is -0.493. The molecule has 0 radical (unpaired) electrons. The van der Waals surface area contributed by atoms with Crippen LogP contribution >= 0.6 is 0 Å². The fraction of sp³-hybridized carbons (Fsp3) is 0.667. The van der Waals surface area contributed by atoms with Crippen LogP contribution in [0.1, 0.15) is 32.4 Å². The fourth-order valence-corrected chi connectivity index (χ4v) is 1.48. The number of carbonyl (C=O) groups is 1. The largest absolute Gasteiger partial charge is 0.444 e. The second kappa shape index (κ2) is 5.86. The molecular weight excluding hydrogens is 232 g/mol. The van der Waals surface area contributed by atoms with E-state index in [0.29, 0.717) is 13.1 Å². The first-order chi connectivity index (χ1) is 8.31. The highest BCUT2D eigenvalue weighted by Crippen LogP contribution is 2.11. The molecule has 1 unspecified atom stereocenters. The maximum Gasteiger partial charge on any atom is 0.407 e. The predicted molar refractivity (Wildman–Crippen MR) is 69.2 cm³/mol. The first-order valence-corrected chi connectivity index (χ1v) is 5.98. The van der Waals surface area contributed by atoms with Crippen molar-refractivity contribution >= 4 is 6.09 Å². The topological polar surface area (TPSA) is 82.2 Å². The zero-order chi connectivity index (χ0) is 13.8. The Kier molecular flexibility index (Phi) is 4.72. The summed E-state index contributed by atoms with van der Waals surface area (Å²) in [7, 11) is 1.85. The van der Waals surface area contributed by atoms with Crippen LogP contribution in [0.3, 0.4) is 0 Å². The van der Waals surface area contributed by atoms with Gasteiger partial charge in [-0.15, -0.1) is 0 Å². The Balaban J connectivity index is 2.48. The van der Waals surface area contributed by atoms with Crippen molar-refractivity contribution in [1.29, 1.82) is 0 Å². The number of hydrogen-bond acceptors (Lipinski definition) is 4. The van der Waals surface area contributed by atoms with Gasteiger partial charge in [-0.25, -0.2) is 4.79 Å². The van der Waals surface area contributed by atoms with Crippen LogP contribution in [0.4, 0.5) is 4.79 Å². The Morgan fingerprint density at radius 2 is 2.28 bits per heavy atom. The molecule has 1 aromatic heterocycles. The molecule has 18 heavy (non-hydrogen) atoms. The minimum Gasteiger partial charge on any atom is -0.444 e. The highest BCUT2D eigenvalue weighted by atomic mass is 16.6. The zero-order valence-corrected chi connectivity index (χ0v) is 11.4. The molecule has 1 aromatic rings. The van der Waals surface area contributed by atoms with E-state index in [1.807, 2.05) is 40.1 Å². The van der Waals surface area contributed by atoms with Gasteiger partial charge in [-0.05, 0) is 26.8 Å². The zero-order valence-electron chi connectivity index (χ0n) is 11.4. The lowest BCUT2D eigenvalue weighted by atomic mass is 10.1. The smallest absolute Gasteiger partial charge is 0.407 e. The first-order valence-electron chi connectivity index (χ1n) is 5.98. The second-order valence-corrected chi connectivity index (χ2v) is 5.23. The summed E-state index contributed by atoms with van der Waals surface area (Å²) < 4.78 is 6.87.